The highest BCUT2D eigenvalue weighted by Gasteiger charge is 2.20. The first-order valence-electron chi connectivity index (χ1n) is 6.85. The second-order valence-corrected chi connectivity index (χ2v) is 5.21. The quantitative estimate of drug-likeness (QED) is 0.920. The van der Waals surface area contributed by atoms with Crippen LogP contribution in [0.25, 0.3) is 5.65 Å². The second kappa shape index (κ2) is 5.95. The fraction of sp³-hybridized carbons (Fsp3) is 0.400. The van der Waals surface area contributed by atoms with E-state index in [-0.39, 0.29) is 24.3 Å². The Morgan fingerprint density at radius 1 is 1.38 bits per heavy atom. The van der Waals surface area contributed by atoms with E-state index in [1.54, 1.807) is 31.3 Å². The number of nitrogens with one attached hydrogen (secondary N) is 1. The van der Waals surface area contributed by atoms with Crippen molar-refractivity contribution in [3.05, 3.63) is 35.8 Å². The number of amides is 2. The largest absolute Gasteiger partial charge is 0.359 e. The zero-order valence-corrected chi connectivity index (χ0v) is 12.8. The third-order valence-electron chi connectivity index (χ3n) is 3.56. The number of nitrogens with zero attached hydrogens (tertiary/aromatic N) is 3. The number of rotatable bonds is 4. The van der Waals surface area contributed by atoms with Gasteiger partial charge in [0.2, 0.25) is 5.91 Å². The van der Waals surface area contributed by atoms with Gasteiger partial charge in [-0.15, -0.1) is 0 Å². The SMILES string of the molecule is CNC(=O)C[C@@H](C)N(C)C(=O)c1ccc2nc(C)cn2c1. The van der Waals surface area contributed by atoms with Gasteiger partial charge in [-0.2, -0.15) is 0 Å². The number of hydrogen-bond acceptors (Lipinski definition) is 3. The van der Waals surface area contributed by atoms with Crippen molar-refractivity contribution in [1.82, 2.24) is 19.6 Å². The molecule has 0 fully saturated rings. The van der Waals surface area contributed by atoms with Gasteiger partial charge in [0.1, 0.15) is 5.65 Å². The zero-order valence-electron chi connectivity index (χ0n) is 12.8. The lowest BCUT2D eigenvalue weighted by atomic mass is 10.1. The Kier molecular flexibility index (Phi) is 4.26. The molecule has 6 nitrogen and oxygen atoms in total. The Bertz CT molecular complexity index is 677. The third kappa shape index (κ3) is 3.21. The van der Waals surface area contributed by atoms with Crippen molar-refractivity contribution in [2.24, 2.45) is 0 Å². The van der Waals surface area contributed by atoms with Gasteiger partial charge in [-0.05, 0) is 26.0 Å². The van der Waals surface area contributed by atoms with Gasteiger partial charge < -0.3 is 14.6 Å². The van der Waals surface area contributed by atoms with Crippen molar-refractivity contribution in [3.8, 4) is 0 Å². The molecule has 6 heteroatoms. The summed E-state index contributed by atoms with van der Waals surface area (Å²) < 4.78 is 1.83. The fourth-order valence-corrected chi connectivity index (χ4v) is 2.16. The van der Waals surface area contributed by atoms with Gasteiger partial charge in [-0.3, -0.25) is 9.59 Å². The molecular weight excluding hydrogens is 268 g/mol. The van der Waals surface area contributed by atoms with E-state index in [9.17, 15) is 9.59 Å². The molecule has 2 heterocycles. The standard InChI is InChI=1S/C15H20N4O2/c1-10-8-19-9-12(5-6-13(19)17-10)15(21)18(4)11(2)7-14(20)16-3/h5-6,8-9,11H,7H2,1-4H3,(H,16,20)/t11-/m1/s1. The monoisotopic (exact) mass is 288 g/mol. The van der Waals surface area contributed by atoms with Crippen LogP contribution in [0.15, 0.2) is 24.5 Å². The molecule has 1 atom stereocenters. The number of fused-ring (bicyclic) bond motifs is 1. The molecule has 0 aliphatic carbocycles. The van der Waals surface area contributed by atoms with Crippen LogP contribution in [0.3, 0.4) is 0 Å². The van der Waals surface area contributed by atoms with Crippen LogP contribution < -0.4 is 5.32 Å². The van der Waals surface area contributed by atoms with Crippen LogP contribution in [0.4, 0.5) is 0 Å². The lowest BCUT2D eigenvalue weighted by molar-refractivity contribution is -0.121. The summed E-state index contributed by atoms with van der Waals surface area (Å²) in [6.45, 7) is 3.76. The molecule has 112 valence electrons. The molecule has 2 amide bonds. The summed E-state index contributed by atoms with van der Waals surface area (Å²) in [7, 11) is 3.30. The van der Waals surface area contributed by atoms with Gasteiger partial charge in [0.15, 0.2) is 0 Å². The summed E-state index contributed by atoms with van der Waals surface area (Å²) >= 11 is 0. The Morgan fingerprint density at radius 2 is 2.10 bits per heavy atom. The van der Waals surface area contributed by atoms with Crippen LogP contribution in [-0.2, 0) is 4.79 Å². The van der Waals surface area contributed by atoms with E-state index in [0.29, 0.717) is 5.56 Å². The van der Waals surface area contributed by atoms with Gasteiger partial charge >= 0.3 is 0 Å². The highest BCUT2D eigenvalue weighted by Crippen LogP contribution is 2.12. The third-order valence-corrected chi connectivity index (χ3v) is 3.56. The van der Waals surface area contributed by atoms with Crippen LogP contribution in [0.2, 0.25) is 0 Å². The minimum atomic E-state index is -0.169. The summed E-state index contributed by atoms with van der Waals surface area (Å²) in [5.41, 5.74) is 2.29. The summed E-state index contributed by atoms with van der Waals surface area (Å²) in [5.74, 6) is -0.192. The van der Waals surface area contributed by atoms with E-state index in [1.807, 2.05) is 30.5 Å². The van der Waals surface area contributed by atoms with Gasteiger partial charge in [0, 0.05) is 39.0 Å². The molecule has 2 aromatic heterocycles. The van der Waals surface area contributed by atoms with Crippen molar-refractivity contribution < 1.29 is 9.59 Å². The van der Waals surface area contributed by atoms with Crippen LogP contribution in [-0.4, -0.2) is 46.2 Å². The molecule has 1 N–H and O–H groups in total. The van der Waals surface area contributed by atoms with E-state index in [0.717, 1.165) is 11.3 Å². The molecule has 0 radical (unpaired) electrons. The second-order valence-electron chi connectivity index (χ2n) is 5.21. The van der Waals surface area contributed by atoms with Gasteiger partial charge in [0.05, 0.1) is 11.3 Å². The maximum Gasteiger partial charge on any atom is 0.255 e. The molecular formula is C15H20N4O2. The minimum absolute atomic E-state index is 0.0807. The normalized spacial score (nSPS) is 12.2. The number of carbonyl (C=O) groups excluding carboxylic acids is 2. The number of hydrogen-bond donors (Lipinski definition) is 1. The molecule has 2 aromatic rings. The lowest BCUT2D eigenvalue weighted by Crippen LogP contribution is -2.38. The van der Waals surface area contributed by atoms with Crippen LogP contribution in [0.5, 0.6) is 0 Å². The molecule has 0 spiro atoms. The first kappa shape index (κ1) is 15.0. The number of imidazole rings is 1. The van der Waals surface area contributed by atoms with Crippen molar-refractivity contribution in [1.29, 1.82) is 0 Å². The lowest BCUT2D eigenvalue weighted by Gasteiger charge is -2.24. The molecule has 0 saturated carbocycles. The average molecular weight is 288 g/mol. The molecule has 0 aromatic carbocycles. The Balaban J connectivity index is 2.18. The predicted octanol–water partition coefficient (Wildman–Crippen LogP) is 1.24. The minimum Gasteiger partial charge on any atom is -0.359 e. The fourth-order valence-electron chi connectivity index (χ4n) is 2.16. The zero-order chi connectivity index (χ0) is 15.6. The van der Waals surface area contributed by atoms with E-state index in [1.165, 1.54) is 0 Å². The summed E-state index contributed by atoms with van der Waals surface area (Å²) in [6.07, 6.45) is 3.92. The topological polar surface area (TPSA) is 66.7 Å². The molecule has 0 bridgehead atoms. The molecule has 0 unspecified atom stereocenters. The van der Waals surface area contributed by atoms with E-state index >= 15 is 0 Å². The molecule has 2 rings (SSSR count). The van der Waals surface area contributed by atoms with E-state index < -0.39 is 0 Å². The summed E-state index contributed by atoms with van der Waals surface area (Å²) in [6, 6.07) is 3.41. The number of carbonyl (C=O) groups is 2. The van der Waals surface area contributed by atoms with E-state index in [4.69, 9.17) is 0 Å². The molecule has 0 aliphatic heterocycles. The Labute approximate surface area is 123 Å². The maximum absolute atomic E-state index is 12.5. The first-order valence-corrected chi connectivity index (χ1v) is 6.85. The Morgan fingerprint density at radius 3 is 2.76 bits per heavy atom. The maximum atomic E-state index is 12.5. The van der Waals surface area contributed by atoms with E-state index in [2.05, 4.69) is 10.3 Å². The number of pyridine rings is 1. The first-order chi connectivity index (χ1) is 9.92. The smallest absolute Gasteiger partial charge is 0.255 e. The van der Waals surface area contributed by atoms with Crippen molar-refractivity contribution in [2.45, 2.75) is 26.3 Å². The molecule has 21 heavy (non-hydrogen) atoms. The van der Waals surface area contributed by atoms with Crippen molar-refractivity contribution >= 4 is 17.5 Å². The molecule has 0 saturated heterocycles. The summed E-state index contributed by atoms with van der Waals surface area (Å²) in [4.78, 5) is 29.8. The van der Waals surface area contributed by atoms with Crippen LogP contribution >= 0.6 is 0 Å². The van der Waals surface area contributed by atoms with Gasteiger partial charge in [-0.25, -0.2) is 4.98 Å². The number of aromatic nitrogens is 2. The van der Waals surface area contributed by atoms with Crippen molar-refractivity contribution in [3.63, 3.8) is 0 Å². The van der Waals surface area contributed by atoms with Crippen LogP contribution in [0, 0.1) is 6.92 Å². The Hall–Kier alpha value is -2.37. The average Bonchev–Trinajstić information content (AvgIpc) is 2.84. The predicted molar refractivity (Wildman–Crippen MR) is 80.2 cm³/mol. The number of aryl methyl sites for hydroxylation is 1. The van der Waals surface area contributed by atoms with Gasteiger partial charge in [-0.1, -0.05) is 0 Å². The van der Waals surface area contributed by atoms with Crippen molar-refractivity contribution in [2.75, 3.05) is 14.1 Å². The highest BCUT2D eigenvalue weighted by molar-refractivity contribution is 5.94. The highest BCUT2D eigenvalue weighted by atomic mass is 16.2. The molecule has 0 aliphatic rings. The van der Waals surface area contributed by atoms with Crippen LogP contribution in [0.1, 0.15) is 29.4 Å². The summed E-state index contributed by atoms with van der Waals surface area (Å²) in [5, 5.41) is 2.57. The van der Waals surface area contributed by atoms with Gasteiger partial charge in [0.25, 0.3) is 5.91 Å².